The van der Waals surface area contributed by atoms with Gasteiger partial charge in [0.15, 0.2) is 0 Å². The standard InChI is InChI=1S/C16H8ClF3N2/c17-11-4-2-10(3-5-11)14-12-7-9(8-21)1-6-13(12)22-15(14)16(18,19)20/h1-7,22H. The summed E-state index contributed by atoms with van der Waals surface area (Å²) in [6, 6.07) is 12.5. The van der Waals surface area contributed by atoms with E-state index in [4.69, 9.17) is 16.9 Å². The van der Waals surface area contributed by atoms with Gasteiger partial charge < -0.3 is 4.98 Å². The Kier molecular flexibility index (Phi) is 3.34. The zero-order valence-corrected chi connectivity index (χ0v) is 11.8. The number of rotatable bonds is 1. The zero-order chi connectivity index (χ0) is 15.9. The van der Waals surface area contributed by atoms with E-state index in [1.165, 1.54) is 42.5 Å². The lowest BCUT2D eigenvalue weighted by Gasteiger charge is -2.08. The van der Waals surface area contributed by atoms with Crippen molar-refractivity contribution in [2.75, 3.05) is 0 Å². The maximum atomic E-state index is 13.3. The van der Waals surface area contributed by atoms with Crippen LogP contribution in [0.4, 0.5) is 13.2 Å². The Hall–Kier alpha value is -2.45. The van der Waals surface area contributed by atoms with Gasteiger partial charge in [-0.1, -0.05) is 23.7 Å². The number of nitrogens with one attached hydrogen (secondary N) is 1. The monoisotopic (exact) mass is 320 g/mol. The number of aromatic nitrogens is 1. The van der Waals surface area contributed by atoms with Crippen LogP contribution in [0.15, 0.2) is 42.5 Å². The number of aromatic amines is 1. The topological polar surface area (TPSA) is 39.6 Å². The fraction of sp³-hybridized carbons (Fsp3) is 0.0625. The van der Waals surface area contributed by atoms with Gasteiger partial charge in [-0.05, 0) is 35.9 Å². The van der Waals surface area contributed by atoms with Crippen molar-refractivity contribution in [1.82, 2.24) is 4.98 Å². The lowest BCUT2D eigenvalue weighted by Crippen LogP contribution is -2.07. The molecule has 0 spiro atoms. The van der Waals surface area contributed by atoms with Gasteiger partial charge in [-0.3, -0.25) is 0 Å². The summed E-state index contributed by atoms with van der Waals surface area (Å²) in [7, 11) is 0. The lowest BCUT2D eigenvalue weighted by atomic mass is 10.0. The normalized spacial score (nSPS) is 11.6. The van der Waals surface area contributed by atoms with E-state index in [0.29, 0.717) is 27.1 Å². The molecule has 1 aromatic heterocycles. The predicted molar refractivity (Wildman–Crippen MR) is 78.5 cm³/mol. The second-order valence-electron chi connectivity index (χ2n) is 4.75. The largest absolute Gasteiger partial charge is 0.431 e. The van der Waals surface area contributed by atoms with E-state index in [2.05, 4.69) is 4.98 Å². The molecule has 3 rings (SSSR count). The maximum Gasteiger partial charge on any atom is 0.431 e. The number of fused-ring (bicyclic) bond motifs is 1. The van der Waals surface area contributed by atoms with E-state index in [0.717, 1.165) is 0 Å². The molecule has 0 atom stereocenters. The maximum absolute atomic E-state index is 13.3. The van der Waals surface area contributed by atoms with E-state index >= 15 is 0 Å². The summed E-state index contributed by atoms with van der Waals surface area (Å²) in [5.74, 6) is 0. The van der Waals surface area contributed by atoms with E-state index in [1.54, 1.807) is 0 Å². The molecule has 22 heavy (non-hydrogen) atoms. The van der Waals surface area contributed by atoms with Crippen LogP contribution in [0.5, 0.6) is 0 Å². The average Bonchev–Trinajstić information content (AvgIpc) is 2.86. The molecule has 110 valence electrons. The number of halogens is 4. The van der Waals surface area contributed by atoms with Crippen LogP contribution in [0.3, 0.4) is 0 Å². The summed E-state index contributed by atoms with van der Waals surface area (Å²) in [4.78, 5) is 2.40. The molecule has 0 aliphatic carbocycles. The summed E-state index contributed by atoms with van der Waals surface area (Å²) in [6.45, 7) is 0. The molecular weight excluding hydrogens is 313 g/mol. The molecule has 0 saturated heterocycles. The second-order valence-corrected chi connectivity index (χ2v) is 5.19. The summed E-state index contributed by atoms with van der Waals surface area (Å²) in [5.41, 5.74) is 0.209. The van der Waals surface area contributed by atoms with Crippen LogP contribution in [-0.2, 0) is 6.18 Å². The van der Waals surface area contributed by atoms with Crippen LogP contribution < -0.4 is 0 Å². The minimum atomic E-state index is -4.53. The van der Waals surface area contributed by atoms with Crippen molar-refractivity contribution in [2.45, 2.75) is 6.18 Å². The number of hydrogen-bond donors (Lipinski definition) is 1. The van der Waals surface area contributed by atoms with Gasteiger partial charge in [0.25, 0.3) is 0 Å². The number of benzene rings is 2. The second kappa shape index (κ2) is 5.08. The number of nitriles is 1. The van der Waals surface area contributed by atoms with E-state index in [9.17, 15) is 13.2 Å². The molecule has 0 amide bonds. The Bertz CT molecular complexity index is 887. The van der Waals surface area contributed by atoms with Crippen LogP contribution in [-0.4, -0.2) is 4.98 Å². The fourth-order valence-corrected chi connectivity index (χ4v) is 2.52. The van der Waals surface area contributed by atoms with Gasteiger partial charge in [-0.25, -0.2) is 0 Å². The van der Waals surface area contributed by atoms with E-state index < -0.39 is 11.9 Å². The van der Waals surface area contributed by atoms with Gasteiger partial charge in [0.05, 0.1) is 11.6 Å². The molecule has 0 fully saturated rings. The van der Waals surface area contributed by atoms with Gasteiger partial charge in [-0.2, -0.15) is 18.4 Å². The smallest absolute Gasteiger partial charge is 0.350 e. The van der Waals surface area contributed by atoms with Crippen LogP contribution in [0.2, 0.25) is 5.02 Å². The SMILES string of the molecule is N#Cc1ccc2[nH]c(C(F)(F)F)c(-c3ccc(Cl)cc3)c2c1. The molecule has 0 bridgehead atoms. The minimum absolute atomic E-state index is 0.0243. The molecule has 1 heterocycles. The number of H-pyrrole nitrogens is 1. The molecule has 3 aromatic rings. The lowest BCUT2D eigenvalue weighted by molar-refractivity contribution is -0.140. The first-order chi connectivity index (χ1) is 10.4. The predicted octanol–water partition coefficient (Wildman–Crippen LogP) is 5.38. The fourth-order valence-electron chi connectivity index (χ4n) is 2.39. The Balaban J connectivity index is 2.37. The summed E-state index contributed by atoms with van der Waals surface area (Å²) in [6.07, 6.45) is -4.53. The molecule has 2 nitrogen and oxygen atoms in total. The first kappa shape index (κ1) is 14.5. The zero-order valence-electron chi connectivity index (χ0n) is 11.0. The molecule has 2 aromatic carbocycles. The molecule has 0 radical (unpaired) electrons. The van der Waals surface area contributed by atoms with Gasteiger partial charge in [0.1, 0.15) is 5.69 Å². The quantitative estimate of drug-likeness (QED) is 0.642. The summed E-state index contributed by atoms with van der Waals surface area (Å²) >= 11 is 5.80. The summed E-state index contributed by atoms with van der Waals surface area (Å²) < 4.78 is 39.9. The Morgan fingerprint density at radius 3 is 2.32 bits per heavy atom. The number of nitrogens with zero attached hydrogens (tertiary/aromatic N) is 1. The van der Waals surface area contributed by atoms with Gasteiger partial charge in [-0.15, -0.1) is 0 Å². The van der Waals surface area contributed by atoms with Crippen molar-refractivity contribution < 1.29 is 13.2 Å². The highest BCUT2D eigenvalue weighted by Crippen LogP contribution is 2.41. The van der Waals surface area contributed by atoms with Crippen molar-refractivity contribution in [3.05, 3.63) is 58.7 Å². The highest BCUT2D eigenvalue weighted by molar-refractivity contribution is 6.30. The van der Waals surface area contributed by atoms with Gasteiger partial charge in [0.2, 0.25) is 0 Å². The third-order valence-electron chi connectivity index (χ3n) is 3.34. The van der Waals surface area contributed by atoms with Gasteiger partial charge >= 0.3 is 6.18 Å². The van der Waals surface area contributed by atoms with Crippen LogP contribution in [0.25, 0.3) is 22.0 Å². The van der Waals surface area contributed by atoms with Crippen molar-refractivity contribution in [1.29, 1.82) is 5.26 Å². The van der Waals surface area contributed by atoms with E-state index in [1.807, 2.05) is 6.07 Å². The van der Waals surface area contributed by atoms with Crippen LogP contribution in [0, 0.1) is 11.3 Å². The van der Waals surface area contributed by atoms with Crippen molar-refractivity contribution in [2.24, 2.45) is 0 Å². The first-order valence-corrected chi connectivity index (χ1v) is 6.67. The Labute approximate surface area is 128 Å². The van der Waals surface area contributed by atoms with Crippen molar-refractivity contribution in [3.63, 3.8) is 0 Å². The van der Waals surface area contributed by atoms with Crippen LogP contribution >= 0.6 is 11.6 Å². The summed E-state index contributed by atoms with van der Waals surface area (Å²) in [5, 5.41) is 9.76. The Morgan fingerprint density at radius 2 is 1.73 bits per heavy atom. The van der Waals surface area contributed by atoms with Crippen LogP contribution in [0.1, 0.15) is 11.3 Å². The van der Waals surface area contributed by atoms with Crippen molar-refractivity contribution in [3.8, 4) is 17.2 Å². The Morgan fingerprint density at radius 1 is 1.05 bits per heavy atom. The minimum Gasteiger partial charge on any atom is -0.350 e. The third-order valence-corrected chi connectivity index (χ3v) is 3.60. The molecule has 1 N–H and O–H groups in total. The average molecular weight is 321 g/mol. The highest BCUT2D eigenvalue weighted by atomic mass is 35.5. The molecule has 0 saturated carbocycles. The molecular formula is C16H8ClF3N2. The van der Waals surface area contributed by atoms with Gasteiger partial charge in [0, 0.05) is 21.5 Å². The molecule has 0 aliphatic rings. The number of hydrogen-bond acceptors (Lipinski definition) is 1. The molecule has 6 heteroatoms. The van der Waals surface area contributed by atoms with E-state index in [-0.39, 0.29) is 5.56 Å². The third kappa shape index (κ3) is 2.42. The highest BCUT2D eigenvalue weighted by Gasteiger charge is 2.36. The number of alkyl halides is 3. The molecule has 0 unspecified atom stereocenters. The molecule has 0 aliphatic heterocycles. The first-order valence-electron chi connectivity index (χ1n) is 6.29. The van der Waals surface area contributed by atoms with Crippen molar-refractivity contribution >= 4 is 22.5 Å².